The van der Waals surface area contributed by atoms with Gasteiger partial charge in [-0.25, -0.2) is 0 Å². The van der Waals surface area contributed by atoms with E-state index in [4.69, 9.17) is 25.8 Å². The Morgan fingerprint density at radius 1 is 1.20 bits per heavy atom. The highest BCUT2D eigenvalue weighted by Gasteiger charge is 2.25. The summed E-state index contributed by atoms with van der Waals surface area (Å²) in [5, 5.41) is 3.70. The van der Waals surface area contributed by atoms with E-state index in [2.05, 4.69) is 10.2 Å². The van der Waals surface area contributed by atoms with Gasteiger partial charge in [-0.3, -0.25) is 9.69 Å². The van der Waals surface area contributed by atoms with Crippen LogP contribution in [0.2, 0.25) is 5.02 Å². The van der Waals surface area contributed by atoms with Gasteiger partial charge in [-0.15, -0.1) is 0 Å². The van der Waals surface area contributed by atoms with Gasteiger partial charge in [0.25, 0.3) is 5.91 Å². The van der Waals surface area contributed by atoms with Gasteiger partial charge in [0.05, 0.1) is 31.9 Å². The molecule has 7 heteroatoms. The maximum absolute atomic E-state index is 12.9. The molecule has 0 unspecified atom stereocenters. The Morgan fingerprint density at radius 2 is 1.97 bits per heavy atom. The van der Waals surface area contributed by atoms with Crippen molar-refractivity contribution in [2.45, 2.75) is 6.04 Å². The monoisotopic (exact) mass is 428 g/mol. The summed E-state index contributed by atoms with van der Waals surface area (Å²) in [5.74, 6) is 1.41. The fraction of sp³-hybridized carbons (Fsp3) is 0.348. The van der Waals surface area contributed by atoms with Gasteiger partial charge in [0.2, 0.25) is 0 Å². The molecule has 0 spiro atoms. The van der Waals surface area contributed by atoms with E-state index in [0.717, 1.165) is 35.7 Å². The van der Waals surface area contributed by atoms with Gasteiger partial charge >= 0.3 is 0 Å². The number of nitrogens with one attached hydrogen (secondary N) is 1. The Bertz CT molecular complexity index is 923. The van der Waals surface area contributed by atoms with Crippen LogP contribution in [-0.2, 0) is 9.53 Å². The van der Waals surface area contributed by atoms with E-state index in [1.807, 2.05) is 36.4 Å². The Labute approximate surface area is 181 Å². The molecule has 1 atom stereocenters. The lowest BCUT2D eigenvalue weighted by molar-refractivity contribution is -0.118. The highest BCUT2D eigenvalue weighted by atomic mass is 35.5. The predicted octanol–water partition coefficient (Wildman–Crippen LogP) is 3.31. The van der Waals surface area contributed by atoms with E-state index in [1.165, 1.54) is 0 Å². The van der Waals surface area contributed by atoms with Crippen molar-refractivity contribution in [1.29, 1.82) is 0 Å². The lowest BCUT2D eigenvalue weighted by atomic mass is 10.0. The van der Waals surface area contributed by atoms with Crippen molar-refractivity contribution in [1.82, 2.24) is 10.2 Å². The zero-order valence-electron chi connectivity index (χ0n) is 16.9. The number of hydrogen-bond acceptors (Lipinski definition) is 5. The van der Waals surface area contributed by atoms with Crippen LogP contribution in [0.1, 0.15) is 17.2 Å². The second kappa shape index (κ2) is 9.51. The standard InChI is InChI=1S/C23H25ClN2O4/c1-28-20-5-2-16(3-6-20)21(26-8-10-29-11-9-26)14-25-23(27)18-12-17-13-19(24)4-7-22(17)30-15-18/h2-7,12-13,21H,8-11,14-15H2,1H3,(H,25,27)/t21-/m1/s1. The van der Waals surface area contributed by atoms with Gasteiger partial charge in [0.15, 0.2) is 0 Å². The van der Waals surface area contributed by atoms with Gasteiger partial charge in [0, 0.05) is 30.2 Å². The first kappa shape index (κ1) is 20.7. The Balaban J connectivity index is 1.48. The molecule has 2 aliphatic heterocycles. The number of morpholine rings is 1. The number of rotatable bonds is 6. The number of nitrogens with zero attached hydrogens (tertiary/aromatic N) is 1. The van der Waals surface area contributed by atoms with Gasteiger partial charge < -0.3 is 19.5 Å². The molecule has 1 saturated heterocycles. The Kier molecular flexibility index (Phi) is 6.57. The molecule has 0 bridgehead atoms. The molecule has 0 radical (unpaired) electrons. The summed E-state index contributed by atoms with van der Waals surface area (Å²) in [5.41, 5.74) is 2.53. The van der Waals surface area contributed by atoms with Gasteiger partial charge in [-0.2, -0.15) is 0 Å². The third-order valence-corrected chi connectivity index (χ3v) is 5.65. The summed E-state index contributed by atoms with van der Waals surface area (Å²) in [6.07, 6.45) is 1.84. The third-order valence-electron chi connectivity index (χ3n) is 5.42. The smallest absolute Gasteiger partial charge is 0.250 e. The maximum Gasteiger partial charge on any atom is 0.250 e. The first-order chi connectivity index (χ1) is 14.6. The normalized spacial score (nSPS) is 17.3. The van der Waals surface area contributed by atoms with Crippen LogP contribution >= 0.6 is 11.6 Å². The van der Waals surface area contributed by atoms with Crippen LogP contribution < -0.4 is 14.8 Å². The van der Waals surface area contributed by atoms with Crippen molar-refractivity contribution >= 4 is 23.6 Å². The SMILES string of the molecule is COc1ccc([C@@H](CNC(=O)C2=Cc3cc(Cl)ccc3OC2)N2CCOCC2)cc1. The van der Waals surface area contributed by atoms with Crippen LogP contribution in [0.4, 0.5) is 0 Å². The highest BCUT2D eigenvalue weighted by molar-refractivity contribution is 6.30. The van der Waals surface area contributed by atoms with Crippen molar-refractivity contribution in [2.75, 3.05) is 46.6 Å². The summed E-state index contributed by atoms with van der Waals surface area (Å²) in [6, 6.07) is 13.4. The zero-order chi connectivity index (χ0) is 20.9. The molecule has 0 aromatic heterocycles. The molecule has 2 heterocycles. The minimum Gasteiger partial charge on any atom is -0.497 e. The molecule has 4 rings (SSSR count). The topological polar surface area (TPSA) is 60.0 Å². The molecule has 1 fully saturated rings. The predicted molar refractivity (Wildman–Crippen MR) is 116 cm³/mol. The largest absolute Gasteiger partial charge is 0.497 e. The van der Waals surface area contributed by atoms with Crippen LogP contribution in [0.15, 0.2) is 48.0 Å². The molecule has 6 nitrogen and oxygen atoms in total. The van der Waals surface area contributed by atoms with Crippen molar-refractivity contribution in [3.8, 4) is 11.5 Å². The van der Waals surface area contributed by atoms with E-state index in [-0.39, 0.29) is 18.6 Å². The van der Waals surface area contributed by atoms with Gasteiger partial charge in [-0.05, 0) is 42.0 Å². The first-order valence-corrected chi connectivity index (χ1v) is 10.4. The number of carbonyl (C=O) groups is 1. The van der Waals surface area contributed by atoms with E-state index in [1.54, 1.807) is 19.2 Å². The zero-order valence-corrected chi connectivity index (χ0v) is 17.7. The maximum atomic E-state index is 12.9. The number of amides is 1. The molecule has 0 aliphatic carbocycles. The molecule has 0 saturated carbocycles. The third kappa shape index (κ3) is 4.78. The molecule has 30 heavy (non-hydrogen) atoms. The van der Waals surface area contributed by atoms with Crippen LogP contribution in [0.3, 0.4) is 0 Å². The number of methoxy groups -OCH3 is 1. The summed E-state index contributed by atoms with van der Waals surface area (Å²) < 4.78 is 16.5. The molecule has 1 N–H and O–H groups in total. The number of benzene rings is 2. The fourth-order valence-electron chi connectivity index (χ4n) is 3.76. The summed E-state index contributed by atoms with van der Waals surface area (Å²) in [4.78, 5) is 15.2. The highest BCUT2D eigenvalue weighted by Crippen LogP contribution is 2.29. The van der Waals surface area contributed by atoms with Gasteiger partial charge in [-0.1, -0.05) is 23.7 Å². The number of fused-ring (bicyclic) bond motifs is 1. The van der Waals surface area contributed by atoms with Crippen molar-refractivity contribution in [3.63, 3.8) is 0 Å². The second-order valence-electron chi connectivity index (χ2n) is 7.29. The fourth-order valence-corrected chi connectivity index (χ4v) is 3.94. The van der Waals surface area contributed by atoms with E-state index in [0.29, 0.717) is 30.4 Å². The van der Waals surface area contributed by atoms with Crippen LogP contribution in [0, 0.1) is 0 Å². The summed E-state index contributed by atoms with van der Waals surface area (Å²) >= 11 is 6.07. The van der Waals surface area contributed by atoms with Crippen LogP contribution in [0.25, 0.3) is 6.08 Å². The Morgan fingerprint density at radius 3 is 2.70 bits per heavy atom. The summed E-state index contributed by atoms with van der Waals surface area (Å²) in [6.45, 7) is 3.76. The van der Waals surface area contributed by atoms with Crippen LogP contribution in [-0.4, -0.2) is 57.4 Å². The molecular weight excluding hydrogens is 404 g/mol. The van der Waals surface area contributed by atoms with E-state index in [9.17, 15) is 4.79 Å². The average Bonchev–Trinajstić information content (AvgIpc) is 2.79. The number of carbonyl (C=O) groups excluding carboxylic acids is 1. The second-order valence-corrected chi connectivity index (χ2v) is 7.72. The number of halogens is 1. The minimum atomic E-state index is -0.132. The molecule has 158 valence electrons. The van der Waals surface area contributed by atoms with Crippen molar-refractivity contribution < 1.29 is 19.0 Å². The molecular formula is C23H25ClN2O4. The molecule has 2 aliphatic rings. The lowest BCUT2D eigenvalue weighted by Gasteiger charge is -2.35. The molecule has 2 aromatic rings. The lowest BCUT2D eigenvalue weighted by Crippen LogP contribution is -2.44. The van der Waals surface area contributed by atoms with E-state index >= 15 is 0 Å². The van der Waals surface area contributed by atoms with Crippen LogP contribution in [0.5, 0.6) is 11.5 Å². The average molecular weight is 429 g/mol. The Hall–Kier alpha value is -2.54. The van der Waals surface area contributed by atoms with Crippen molar-refractivity contribution in [3.05, 3.63) is 64.2 Å². The molecule has 1 amide bonds. The number of hydrogen-bond donors (Lipinski definition) is 1. The number of ether oxygens (including phenoxy) is 3. The van der Waals surface area contributed by atoms with E-state index < -0.39 is 0 Å². The first-order valence-electron chi connectivity index (χ1n) is 10.0. The quantitative estimate of drug-likeness (QED) is 0.764. The summed E-state index contributed by atoms with van der Waals surface area (Å²) in [7, 11) is 1.65. The van der Waals surface area contributed by atoms with Gasteiger partial charge in [0.1, 0.15) is 18.1 Å². The molecule has 2 aromatic carbocycles. The minimum absolute atomic E-state index is 0.0515. The van der Waals surface area contributed by atoms with Crippen molar-refractivity contribution in [2.24, 2.45) is 0 Å².